The molecule has 3 heteroatoms. The highest BCUT2D eigenvalue weighted by Gasteiger charge is 2.14. The Kier molecular flexibility index (Phi) is 7.14. The standard InChI is InChI=1S/C49H31N3/c1-2-5-42(6-3-1)49-51-45(31-46(52-49)38-19-13-34(14-20-38)35-27-29-50-30-28-35)37-17-11-33(12-18-37)32-9-15-36(16-10-32)43-25-23-41-22-21-39-7-4-8-40-24-26-44(43)48(41)47(39)40/h1-31H. The van der Waals surface area contributed by atoms with Crippen LogP contribution in [-0.2, 0) is 0 Å². The molecule has 10 aromatic rings. The summed E-state index contributed by atoms with van der Waals surface area (Å²) in [4.78, 5) is 14.2. The maximum atomic E-state index is 5.05. The van der Waals surface area contributed by atoms with E-state index in [1.54, 1.807) is 0 Å². The second kappa shape index (κ2) is 12.4. The largest absolute Gasteiger partial charge is 0.265 e. The summed E-state index contributed by atoms with van der Waals surface area (Å²) in [7, 11) is 0. The maximum absolute atomic E-state index is 5.05. The molecule has 0 bridgehead atoms. The molecular weight excluding hydrogens is 631 g/mol. The first kappa shape index (κ1) is 29.9. The first-order chi connectivity index (χ1) is 25.7. The molecule has 2 heterocycles. The fourth-order valence-electron chi connectivity index (χ4n) is 7.50. The van der Waals surface area contributed by atoms with Gasteiger partial charge in [-0.2, -0.15) is 0 Å². The van der Waals surface area contributed by atoms with E-state index in [1.165, 1.54) is 49.0 Å². The van der Waals surface area contributed by atoms with Crippen molar-refractivity contribution in [3.63, 3.8) is 0 Å². The number of aromatic nitrogens is 3. The van der Waals surface area contributed by atoms with E-state index in [4.69, 9.17) is 9.97 Å². The Morgan fingerprint density at radius 2 is 0.788 bits per heavy atom. The summed E-state index contributed by atoms with van der Waals surface area (Å²) in [6.07, 6.45) is 3.64. The maximum Gasteiger partial charge on any atom is 0.160 e. The van der Waals surface area contributed by atoms with Gasteiger partial charge in [0.15, 0.2) is 5.82 Å². The summed E-state index contributed by atoms with van der Waals surface area (Å²) >= 11 is 0. The fraction of sp³-hybridized carbons (Fsp3) is 0. The normalized spacial score (nSPS) is 11.5. The van der Waals surface area contributed by atoms with Crippen LogP contribution in [0.3, 0.4) is 0 Å². The third-order valence-electron chi connectivity index (χ3n) is 10.2. The van der Waals surface area contributed by atoms with E-state index in [1.807, 2.05) is 42.7 Å². The number of benzene rings is 8. The van der Waals surface area contributed by atoms with Gasteiger partial charge in [0.1, 0.15) is 0 Å². The molecule has 0 aliphatic carbocycles. The van der Waals surface area contributed by atoms with Gasteiger partial charge in [-0.3, -0.25) is 4.98 Å². The summed E-state index contributed by atoms with van der Waals surface area (Å²) in [5.74, 6) is 0.706. The lowest BCUT2D eigenvalue weighted by Gasteiger charge is -2.14. The summed E-state index contributed by atoms with van der Waals surface area (Å²) in [5.41, 5.74) is 11.9. The molecule has 0 radical (unpaired) electrons. The third-order valence-corrected chi connectivity index (χ3v) is 10.2. The van der Waals surface area contributed by atoms with E-state index in [2.05, 4.69) is 151 Å². The van der Waals surface area contributed by atoms with Gasteiger partial charge in [0.05, 0.1) is 11.4 Å². The van der Waals surface area contributed by atoms with Crippen molar-refractivity contribution < 1.29 is 0 Å². The van der Waals surface area contributed by atoms with E-state index in [0.29, 0.717) is 5.82 Å². The van der Waals surface area contributed by atoms with Gasteiger partial charge in [-0.15, -0.1) is 0 Å². The van der Waals surface area contributed by atoms with Gasteiger partial charge in [0, 0.05) is 29.1 Å². The zero-order valence-electron chi connectivity index (χ0n) is 28.2. The Labute approximate surface area is 301 Å². The molecule has 0 aliphatic heterocycles. The molecule has 0 N–H and O–H groups in total. The van der Waals surface area contributed by atoms with Gasteiger partial charge in [-0.1, -0.05) is 158 Å². The van der Waals surface area contributed by atoms with Crippen LogP contribution in [-0.4, -0.2) is 15.0 Å². The monoisotopic (exact) mass is 661 g/mol. The highest BCUT2D eigenvalue weighted by Crippen LogP contribution is 2.40. The minimum Gasteiger partial charge on any atom is -0.265 e. The summed E-state index contributed by atoms with van der Waals surface area (Å²) in [6, 6.07) is 62.6. The highest BCUT2D eigenvalue weighted by atomic mass is 14.9. The molecule has 8 aromatic carbocycles. The van der Waals surface area contributed by atoms with Crippen LogP contribution in [0.5, 0.6) is 0 Å². The summed E-state index contributed by atoms with van der Waals surface area (Å²) in [6.45, 7) is 0. The molecule has 2 aromatic heterocycles. The van der Waals surface area contributed by atoms with Gasteiger partial charge in [-0.25, -0.2) is 9.97 Å². The van der Waals surface area contributed by atoms with E-state index in [-0.39, 0.29) is 0 Å². The number of pyridine rings is 1. The smallest absolute Gasteiger partial charge is 0.160 e. The molecule has 10 rings (SSSR count). The lowest BCUT2D eigenvalue weighted by atomic mass is 9.89. The zero-order chi connectivity index (χ0) is 34.4. The number of hydrogen-bond donors (Lipinski definition) is 0. The predicted octanol–water partition coefficient (Wildman–Crippen LogP) is 12.8. The molecule has 3 nitrogen and oxygen atoms in total. The van der Waals surface area contributed by atoms with Crippen LogP contribution in [0.15, 0.2) is 188 Å². The van der Waals surface area contributed by atoms with Gasteiger partial charge < -0.3 is 0 Å². The van der Waals surface area contributed by atoms with Gasteiger partial charge >= 0.3 is 0 Å². The molecule has 0 saturated carbocycles. The Morgan fingerprint density at radius 3 is 1.38 bits per heavy atom. The molecule has 0 saturated heterocycles. The first-order valence-corrected chi connectivity index (χ1v) is 17.6. The van der Waals surface area contributed by atoms with Crippen molar-refractivity contribution in [2.45, 2.75) is 0 Å². The Balaban J connectivity index is 0.976. The third kappa shape index (κ3) is 5.28. The van der Waals surface area contributed by atoms with Crippen LogP contribution in [0.1, 0.15) is 0 Å². The zero-order valence-corrected chi connectivity index (χ0v) is 28.2. The van der Waals surface area contributed by atoms with Crippen molar-refractivity contribution in [1.29, 1.82) is 0 Å². The molecule has 242 valence electrons. The van der Waals surface area contributed by atoms with E-state index in [9.17, 15) is 0 Å². The van der Waals surface area contributed by atoms with E-state index in [0.717, 1.165) is 44.8 Å². The van der Waals surface area contributed by atoms with Gasteiger partial charge in [0.25, 0.3) is 0 Å². The fourth-order valence-corrected chi connectivity index (χ4v) is 7.50. The van der Waals surface area contributed by atoms with Crippen molar-refractivity contribution in [2.24, 2.45) is 0 Å². The van der Waals surface area contributed by atoms with Crippen LogP contribution in [0.2, 0.25) is 0 Å². The molecule has 0 fully saturated rings. The van der Waals surface area contributed by atoms with Crippen molar-refractivity contribution in [3.05, 3.63) is 188 Å². The van der Waals surface area contributed by atoms with Crippen molar-refractivity contribution in [1.82, 2.24) is 15.0 Å². The lowest BCUT2D eigenvalue weighted by molar-refractivity contribution is 1.18. The molecule has 0 atom stereocenters. The summed E-state index contributed by atoms with van der Waals surface area (Å²) in [5, 5.41) is 7.85. The second-order valence-corrected chi connectivity index (χ2v) is 13.3. The van der Waals surface area contributed by atoms with Crippen LogP contribution in [0, 0.1) is 0 Å². The Morgan fingerprint density at radius 1 is 0.308 bits per heavy atom. The Bertz CT molecular complexity index is 2830. The lowest BCUT2D eigenvalue weighted by Crippen LogP contribution is -1.96. The Hall–Kier alpha value is -6.97. The summed E-state index contributed by atoms with van der Waals surface area (Å²) < 4.78 is 0. The SMILES string of the molecule is c1ccc(-c2nc(-c3ccc(-c4ccncc4)cc3)cc(-c3ccc(-c4ccc(-c5ccc6ccc7cccc8ccc5c6c78)cc4)cc3)n2)cc1. The average molecular weight is 662 g/mol. The van der Waals surface area contributed by atoms with Crippen molar-refractivity contribution in [3.8, 4) is 67.3 Å². The quantitative estimate of drug-likeness (QED) is 0.166. The van der Waals surface area contributed by atoms with Crippen LogP contribution < -0.4 is 0 Å². The van der Waals surface area contributed by atoms with Gasteiger partial charge in [-0.05, 0) is 83.9 Å². The molecule has 0 amide bonds. The van der Waals surface area contributed by atoms with Crippen LogP contribution in [0.4, 0.5) is 0 Å². The molecule has 0 unspecified atom stereocenters. The van der Waals surface area contributed by atoms with Crippen LogP contribution >= 0.6 is 0 Å². The molecular formula is C49H31N3. The molecule has 0 spiro atoms. The minimum atomic E-state index is 0.706. The van der Waals surface area contributed by atoms with Crippen molar-refractivity contribution >= 4 is 32.3 Å². The highest BCUT2D eigenvalue weighted by molar-refractivity contribution is 6.25. The number of hydrogen-bond acceptors (Lipinski definition) is 3. The average Bonchev–Trinajstić information content (AvgIpc) is 3.23. The topological polar surface area (TPSA) is 38.7 Å². The predicted molar refractivity (Wildman–Crippen MR) is 216 cm³/mol. The second-order valence-electron chi connectivity index (χ2n) is 13.3. The molecule has 0 aliphatic rings. The van der Waals surface area contributed by atoms with E-state index < -0.39 is 0 Å². The minimum absolute atomic E-state index is 0.706. The van der Waals surface area contributed by atoms with Crippen LogP contribution in [0.25, 0.3) is 99.6 Å². The van der Waals surface area contributed by atoms with E-state index >= 15 is 0 Å². The number of nitrogens with zero attached hydrogens (tertiary/aromatic N) is 3. The van der Waals surface area contributed by atoms with Gasteiger partial charge in [0.2, 0.25) is 0 Å². The molecule has 52 heavy (non-hydrogen) atoms. The first-order valence-electron chi connectivity index (χ1n) is 17.6. The van der Waals surface area contributed by atoms with Crippen molar-refractivity contribution in [2.75, 3.05) is 0 Å². The number of rotatable bonds is 6.